The van der Waals surface area contributed by atoms with Gasteiger partial charge in [-0.3, -0.25) is 0 Å². The van der Waals surface area contributed by atoms with Gasteiger partial charge in [0, 0.05) is 18.5 Å². The van der Waals surface area contributed by atoms with Gasteiger partial charge in [-0.25, -0.2) is 9.50 Å². The van der Waals surface area contributed by atoms with Gasteiger partial charge in [0.15, 0.2) is 5.65 Å². The van der Waals surface area contributed by atoms with E-state index in [2.05, 4.69) is 10.1 Å². The molecule has 2 aromatic rings. The molecule has 0 bridgehead atoms. The van der Waals surface area contributed by atoms with Crippen LogP contribution in [-0.2, 0) is 0 Å². The molecule has 0 spiro atoms. The van der Waals surface area contributed by atoms with E-state index in [9.17, 15) is 0 Å². The first-order valence-electron chi connectivity index (χ1n) is 4.89. The van der Waals surface area contributed by atoms with E-state index in [0.29, 0.717) is 12.0 Å². The van der Waals surface area contributed by atoms with E-state index in [1.165, 1.54) is 6.42 Å². The van der Waals surface area contributed by atoms with Crippen molar-refractivity contribution >= 4 is 5.65 Å². The maximum absolute atomic E-state index is 5.67. The molecule has 0 amide bonds. The fraction of sp³-hybridized carbons (Fsp3) is 0.400. The van der Waals surface area contributed by atoms with E-state index in [1.807, 2.05) is 18.3 Å². The highest BCUT2D eigenvalue weighted by Gasteiger charge is 2.19. The zero-order valence-electron chi connectivity index (χ0n) is 7.76. The third-order valence-corrected chi connectivity index (χ3v) is 2.57. The summed E-state index contributed by atoms with van der Waals surface area (Å²) in [4.78, 5) is 4.12. The number of imidazole rings is 1. The smallest absolute Gasteiger partial charge is 0.232 e. The summed E-state index contributed by atoms with van der Waals surface area (Å²) in [5, 5.41) is 4.29. The summed E-state index contributed by atoms with van der Waals surface area (Å²) >= 11 is 0. The van der Waals surface area contributed by atoms with Crippen LogP contribution in [0.25, 0.3) is 5.65 Å². The average molecular weight is 189 g/mol. The number of hydrogen-bond acceptors (Lipinski definition) is 3. The fourth-order valence-electron chi connectivity index (χ4n) is 1.52. The first-order chi connectivity index (χ1) is 6.92. The van der Waals surface area contributed by atoms with Crippen LogP contribution in [0.5, 0.6) is 5.88 Å². The van der Waals surface area contributed by atoms with Crippen LogP contribution in [0.4, 0.5) is 0 Å². The minimum atomic E-state index is 0.378. The Balaban J connectivity index is 1.88. The molecule has 1 aliphatic carbocycles. The molecule has 0 aromatic carbocycles. The standard InChI is InChI=1S/C10H11N3O/c1-2-8(3-1)14-10-5-4-9-11-6-7-13(9)12-10/h4-8H,1-3H2. The van der Waals surface area contributed by atoms with Crippen LogP contribution >= 0.6 is 0 Å². The van der Waals surface area contributed by atoms with Crippen molar-refractivity contribution in [2.45, 2.75) is 25.4 Å². The molecule has 2 heterocycles. The second kappa shape index (κ2) is 2.97. The number of nitrogens with zero attached hydrogens (tertiary/aromatic N) is 3. The van der Waals surface area contributed by atoms with Gasteiger partial charge in [-0.15, -0.1) is 5.10 Å². The maximum Gasteiger partial charge on any atom is 0.232 e. The zero-order chi connectivity index (χ0) is 9.38. The van der Waals surface area contributed by atoms with Crippen molar-refractivity contribution in [1.29, 1.82) is 0 Å². The van der Waals surface area contributed by atoms with Crippen LogP contribution < -0.4 is 4.74 Å². The lowest BCUT2D eigenvalue weighted by atomic mass is 9.96. The fourth-order valence-corrected chi connectivity index (χ4v) is 1.52. The topological polar surface area (TPSA) is 39.4 Å². The van der Waals surface area contributed by atoms with Gasteiger partial charge in [0.25, 0.3) is 0 Å². The highest BCUT2D eigenvalue weighted by Crippen LogP contribution is 2.23. The largest absolute Gasteiger partial charge is 0.473 e. The summed E-state index contributed by atoms with van der Waals surface area (Å²) in [6.07, 6.45) is 7.52. The van der Waals surface area contributed by atoms with Crippen molar-refractivity contribution in [2.24, 2.45) is 0 Å². The van der Waals surface area contributed by atoms with Crippen LogP contribution in [0.2, 0.25) is 0 Å². The molecule has 4 nitrogen and oxygen atoms in total. The summed E-state index contributed by atoms with van der Waals surface area (Å²) < 4.78 is 7.40. The lowest BCUT2D eigenvalue weighted by Crippen LogP contribution is -2.25. The Labute approximate surface area is 81.5 Å². The lowest BCUT2D eigenvalue weighted by Gasteiger charge is -2.25. The van der Waals surface area contributed by atoms with Crippen molar-refractivity contribution in [3.63, 3.8) is 0 Å². The monoisotopic (exact) mass is 189 g/mol. The van der Waals surface area contributed by atoms with Gasteiger partial charge in [-0.05, 0) is 25.3 Å². The van der Waals surface area contributed by atoms with Crippen LogP contribution in [0.3, 0.4) is 0 Å². The third kappa shape index (κ3) is 1.23. The quantitative estimate of drug-likeness (QED) is 0.721. The molecule has 1 aliphatic rings. The number of aromatic nitrogens is 3. The van der Waals surface area contributed by atoms with E-state index >= 15 is 0 Å². The Morgan fingerprint density at radius 3 is 3.07 bits per heavy atom. The molecule has 0 saturated heterocycles. The van der Waals surface area contributed by atoms with Crippen molar-refractivity contribution in [3.8, 4) is 5.88 Å². The molecule has 0 aliphatic heterocycles. The Hall–Kier alpha value is -1.58. The molecule has 2 aromatic heterocycles. The van der Waals surface area contributed by atoms with Gasteiger partial charge in [-0.2, -0.15) is 0 Å². The van der Waals surface area contributed by atoms with Crippen molar-refractivity contribution < 1.29 is 4.74 Å². The predicted molar refractivity (Wildman–Crippen MR) is 51.3 cm³/mol. The van der Waals surface area contributed by atoms with Gasteiger partial charge >= 0.3 is 0 Å². The van der Waals surface area contributed by atoms with E-state index in [-0.39, 0.29) is 0 Å². The van der Waals surface area contributed by atoms with Crippen molar-refractivity contribution in [2.75, 3.05) is 0 Å². The molecule has 14 heavy (non-hydrogen) atoms. The molecule has 1 saturated carbocycles. The highest BCUT2D eigenvalue weighted by atomic mass is 16.5. The first kappa shape index (κ1) is 7.79. The van der Waals surface area contributed by atoms with E-state index in [4.69, 9.17) is 4.74 Å². The molecule has 1 fully saturated rings. The maximum atomic E-state index is 5.67. The van der Waals surface area contributed by atoms with Gasteiger partial charge < -0.3 is 4.74 Å². The SMILES string of the molecule is c1cn2nc(OC3CCC3)ccc2n1. The Bertz CT molecular complexity index is 447. The number of ether oxygens (including phenoxy) is 1. The van der Waals surface area contributed by atoms with E-state index in [1.54, 1.807) is 10.7 Å². The number of hydrogen-bond donors (Lipinski definition) is 0. The third-order valence-electron chi connectivity index (χ3n) is 2.57. The molecule has 0 N–H and O–H groups in total. The average Bonchev–Trinajstić information content (AvgIpc) is 2.58. The van der Waals surface area contributed by atoms with Crippen LogP contribution in [0.15, 0.2) is 24.5 Å². The van der Waals surface area contributed by atoms with Gasteiger partial charge in [0.1, 0.15) is 6.10 Å². The van der Waals surface area contributed by atoms with Gasteiger partial charge in [0.2, 0.25) is 5.88 Å². The molecule has 0 radical (unpaired) electrons. The van der Waals surface area contributed by atoms with Crippen molar-refractivity contribution in [3.05, 3.63) is 24.5 Å². The second-order valence-electron chi connectivity index (χ2n) is 3.57. The summed E-state index contributed by atoms with van der Waals surface area (Å²) in [5.41, 5.74) is 0.853. The Morgan fingerprint density at radius 1 is 1.36 bits per heavy atom. The predicted octanol–water partition coefficient (Wildman–Crippen LogP) is 1.66. The molecule has 4 heteroatoms. The number of rotatable bonds is 2. The normalized spacial score (nSPS) is 16.9. The minimum Gasteiger partial charge on any atom is -0.473 e. The summed E-state index contributed by atoms with van der Waals surface area (Å²) in [7, 11) is 0. The molecule has 0 atom stereocenters. The van der Waals surface area contributed by atoms with E-state index in [0.717, 1.165) is 18.5 Å². The van der Waals surface area contributed by atoms with Crippen LogP contribution in [0, 0.1) is 0 Å². The van der Waals surface area contributed by atoms with E-state index < -0.39 is 0 Å². The molecular weight excluding hydrogens is 178 g/mol. The number of fused-ring (bicyclic) bond motifs is 1. The molecule has 3 rings (SSSR count). The molecule has 0 unspecified atom stereocenters. The highest BCUT2D eigenvalue weighted by molar-refractivity contribution is 5.37. The second-order valence-corrected chi connectivity index (χ2v) is 3.57. The van der Waals surface area contributed by atoms with Crippen molar-refractivity contribution in [1.82, 2.24) is 14.6 Å². The summed E-state index contributed by atoms with van der Waals surface area (Å²) in [5.74, 6) is 0.695. The van der Waals surface area contributed by atoms with Crippen LogP contribution in [0.1, 0.15) is 19.3 Å². The summed E-state index contributed by atoms with van der Waals surface area (Å²) in [6, 6.07) is 3.79. The minimum absolute atomic E-state index is 0.378. The van der Waals surface area contributed by atoms with Gasteiger partial charge in [-0.1, -0.05) is 0 Å². The summed E-state index contributed by atoms with van der Waals surface area (Å²) in [6.45, 7) is 0. The Morgan fingerprint density at radius 2 is 2.29 bits per heavy atom. The van der Waals surface area contributed by atoms with Gasteiger partial charge in [0.05, 0.1) is 0 Å². The van der Waals surface area contributed by atoms with Crippen LogP contribution in [-0.4, -0.2) is 20.7 Å². The lowest BCUT2D eigenvalue weighted by molar-refractivity contribution is 0.113. The Kier molecular flexibility index (Phi) is 1.65. The molecule has 72 valence electrons. The first-order valence-corrected chi connectivity index (χ1v) is 4.89. The zero-order valence-corrected chi connectivity index (χ0v) is 7.76. The molecular formula is C10H11N3O.